The zero-order valence-electron chi connectivity index (χ0n) is 10.0. The third-order valence-corrected chi connectivity index (χ3v) is 3.38. The monoisotopic (exact) mass is 269 g/mol. The van der Waals surface area contributed by atoms with Crippen molar-refractivity contribution in [2.75, 3.05) is 16.8 Å². The number of amides is 1. The average molecular weight is 269 g/mol. The summed E-state index contributed by atoms with van der Waals surface area (Å²) in [5.74, 6) is -1.57. The Labute approximate surface area is 108 Å². The summed E-state index contributed by atoms with van der Waals surface area (Å²) in [5, 5.41) is 11.0. The second kappa shape index (κ2) is 6.90. The predicted octanol–water partition coefficient (Wildman–Crippen LogP) is 1.16. The Morgan fingerprint density at radius 2 is 2.11 bits per heavy atom. The summed E-state index contributed by atoms with van der Waals surface area (Å²) in [6.45, 7) is 1.90. The number of carboxylic acids is 1. The molecule has 0 aliphatic rings. The van der Waals surface area contributed by atoms with Crippen molar-refractivity contribution in [2.45, 2.75) is 13.3 Å². The highest BCUT2D eigenvalue weighted by Crippen LogP contribution is 2.09. The van der Waals surface area contributed by atoms with E-state index in [-0.39, 0.29) is 23.8 Å². The Morgan fingerprint density at radius 1 is 1.39 bits per heavy atom. The Kier molecular flexibility index (Phi) is 5.51. The second-order valence-electron chi connectivity index (χ2n) is 3.85. The summed E-state index contributed by atoms with van der Waals surface area (Å²) in [5.41, 5.74) is 1.66. The number of aliphatic carboxylic acids is 1. The van der Waals surface area contributed by atoms with Crippen LogP contribution in [0.25, 0.3) is 0 Å². The lowest BCUT2D eigenvalue weighted by molar-refractivity contribution is -0.136. The predicted molar refractivity (Wildman–Crippen MR) is 69.9 cm³/mol. The zero-order chi connectivity index (χ0) is 13.5. The molecular weight excluding hydrogens is 254 g/mol. The van der Waals surface area contributed by atoms with Crippen molar-refractivity contribution in [3.8, 4) is 0 Å². The van der Waals surface area contributed by atoms with Gasteiger partial charge >= 0.3 is 5.97 Å². The third-order valence-electron chi connectivity index (χ3n) is 2.14. The first-order chi connectivity index (χ1) is 8.47. The van der Waals surface area contributed by atoms with Crippen molar-refractivity contribution in [1.82, 2.24) is 0 Å². The summed E-state index contributed by atoms with van der Waals surface area (Å²) in [6.07, 6.45) is -0.190. The van der Waals surface area contributed by atoms with Gasteiger partial charge in [-0.3, -0.25) is 13.8 Å². The van der Waals surface area contributed by atoms with Crippen LogP contribution in [0.3, 0.4) is 0 Å². The molecule has 1 atom stereocenters. The highest BCUT2D eigenvalue weighted by atomic mass is 32.2. The third kappa shape index (κ3) is 5.58. The highest BCUT2D eigenvalue weighted by Gasteiger charge is 2.10. The number of hydrogen-bond donors (Lipinski definition) is 2. The molecule has 0 bridgehead atoms. The Morgan fingerprint density at radius 3 is 2.72 bits per heavy atom. The fourth-order valence-corrected chi connectivity index (χ4v) is 2.25. The Bertz CT molecular complexity index is 473. The Hall–Kier alpha value is -1.69. The van der Waals surface area contributed by atoms with E-state index in [1.165, 1.54) is 0 Å². The minimum absolute atomic E-state index is 0.00340. The molecule has 0 aromatic heterocycles. The van der Waals surface area contributed by atoms with Crippen LogP contribution < -0.4 is 5.32 Å². The maximum absolute atomic E-state index is 11.5. The number of rotatable bonds is 6. The van der Waals surface area contributed by atoms with Gasteiger partial charge in [0.05, 0.1) is 6.42 Å². The molecular formula is C12H15NO4S. The summed E-state index contributed by atoms with van der Waals surface area (Å²) in [7, 11) is -1.44. The lowest BCUT2D eigenvalue weighted by atomic mass is 10.2. The molecule has 1 aromatic carbocycles. The average Bonchev–Trinajstić information content (AvgIpc) is 2.26. The quantitative estimate of drug-likeness (QED) is 0.811. The van der Waals surface area contributed by atoms with E-state index < -0.39 is 16.8 Å². The normalized spacial score (nSPS) is 11.8. The highest BCUT2D eigenvalue weighted by molar-refractivity contribution is 7.85. The lowest BCUT2D eigenvalue weighted by Gasteiger charge is -2.05. The molecule has 18 heavy (non-hydrogen) atoms. The summed E-state index contributed by atoms with van der Waals surface area (Å²) < 4.78 is 11.4. The molecule has 0 aliphatic heterocycles. The van der Waals surface area contributed by atoms with Crippen molar-refractivity contribution in [1.29, 1.82) is 0 Å². The number of carbonyl (C=O) groups is 2. The fraction of sp³-hybridized carbons (Fsp3) is 0.333. The molecule has 0 radical (unpaired) electrons. The van der Waals surface area contributed by atoms with Crippen LogP contribution in [0.5, 0.6) is 0 Å². The Balaban J connectivity index is 2.42. The van der Waals surface area contributed by atoms with Gasteiger partial charge in [0.2, 0.25) is 5.91 Å². The van der Waals surface area contributed by atoms with Crippen LogP contribution in [-0.2, 0) is 20.4 Å². The van der Waals surface area contributed by atoms with Crippen LogP contribution in [0.4, 0.5) is 5.69 Å². The first-order valence-electron chi connectivity index (χ1n) is 5.40. The van der Waals surface area contributed by atoms with Crippen molar-refractivity contribution in [3.63, 3.8) is 0 Å². The van der Waals surface area contributed by atoms with Crippen LogP contribution in [0.1, 0.15) is 12.0 Å². The van der Waals surface area contributed by atoms with E-state index in [2.05, 4.69) is 5.32 Å². The molecule has 0 spiro atoms. The van der Waals surface area contributed by atoms with Gasteiger partial charge in [-0.15, -0.1) is 0 Å². The second-order valence-corrected chi connectivity index (χ2v) is 5.43. The van der Waals surface area contributed by atoms with E-state index in [0.717, 1.165) is 5.56 Å². The van der Waals surface area contributed by atoms with Gasteiger partial charge in [0, 0.05) is 22.2 Å². The van der Waals surface area contributed by atoms with Crippen LogP contribution >= 0.6 is 0 Å². The number of aryl methyl sites for hydroxylation is 1. The largest absolute Gasteiger partial charge is 0.481 e. The van der Waals surface area contributed by atoms with Crippen LogP contribution in [0, 0.1) is 6.92 Å². The molecule has 1 amide bonds. The standard InChI is InChI=1S/C12H15NO4S/c1-9-3-2-4-10(7-9)13-11(14)8-18(17)6-5-12(15)16/h2-4,7H,5-6,8H2,1H3,(H,13,14)(H,15,16). The van der Waals surface area contributed by atoms with Gasteiger partial charge < -0.3 is 10.4 Å². The number of carbonyl (C=O) groups excluding carboxylic acids is 1. The first kappa shape index (κ1) is 14.4. The molecule has 2 N–H and O–H groups in total. The van der Waals surface area contributed by atoms with E-state index in [4.69, 9.17) is 5.11 Å². The molecule has 5 nitrogen and oxygen atoms in total. The summed E-state index contributed by atoms with van der Waals surface area (Å²) in [4.78, 5) is 21.8. The minimum atomic E-state index is -1.44. The smallest absolute Gasteiger partial charge is 0.304 e. The van der Waals surface area contributed by atoms with E-state index in [1.54, 1.807) is 12.1 Å². The van der Waals surface area contributed by atoms with Gasteiger partial charge in [-0.1, -0.05) is 12.1 Å². The van der Waals surface area contributed by atoms with Gasteiger partial charge in [0.15, 0.2) is 0 Å². The van der Waals surface area contributed by atoms with Gasteiger partial charge in [-0.2, -0.15) is 0 Å². The molecule has 0 aliphatic carbocycles. The van der Waals surface area contributed by atoms with E-state index in [1.807, 2.05) is 19.1 Å². The van der Waals surface area contributed by atoms with Gasteiger partial charge in [0.1, 0.15) is 5.75 Å². The molecule has 0 fully saturated rings. The lowest BCUT2D eigenvalue weighted by Crippen LogP contribution is -2.21. The SMILES string of the molecule is Cc1cccc(NC(=O)CS(=O)CCC(=O)O)c1. The van der Waals surface area contributed by atoms with Crippen molar-refractivity contribution in [2.24, 2.45) is 0 Å². The van der Waals surface area contributed by atoms with Crippen LogP contribution in [0.2, 0.25) is 0 Å². The van der Waals surface area contributed by atoms with E-state index in [0.29, 0.717) is 5.69 Å². The summed E-state index contributed by atoms with van der Waals surface area (Å²) in [6, 6.07) is 7.26. The molecule has 1 rings (SSSR count). The number of benzene rings is 1. The molecule has 1 unspecified atom stereocenters. The molecule has 0 heterocycles. The topological polar surface area (TPSA) is 83.5 Å². The summed E-state index contributed by atoms with van der Waals surface area (Å²) >= 11 is 0. The number of nitrogens with one attached hydrogen (secondary N) is 1. The molecule has 0 saturated heterocycles. The maximum atomic E-state index is 11.5. The van der Waals surface area contributed by atoms with Crippen molar-refractivity contribution in [3.05, 3.63) is 29.8 Å². The zero-order valence-corrected chi connectivity index (χ0v) is 10.8. The number of carboxylic acid groups (broad SMARTS) is 1. The van der Waals surface area contributed by atoms with E-state index >= 15 is 0 Å². The minimum Gasteiger partial charge on any atom is -0.481 e. The van der Waals surface area contributed by atoms with Crippen LogP contribution in [-0.4, -0.2) is 32.7 Å². The first-order valence-corrected chi connectivity index (χ1v) is 6.89. The van der Waals surface area contributed by atoms with Gasteiger partial charge in [0.25, 0.3) is 0 Å². The molecule has 0 saturated carbocycles. The fourth-order valence-electron chi connectivity index (χ4n) is 1.34. The maximum Gasteiger partial charge on any atom is 0.304 e. The van der Waals surface area contributed by atoms with Gasteiger partial charge in [-0.25, -0.2) is 0 Å². The number of anilines is 1. The number of hydrogen-bond acceptors (Lipinski definition) is 3. The van der Waals surface area contributed by atoms with Gasteiger partial charge in [-0.05, 0) is 24.6 Å². The molecule has 1 aromatic rings. The molecule has 98 valence electrons. The molecule has 6 heteroatoms. The van der Waals surface area contributed by atoms with Crippen LogP contribution in [0.15, 0.2) is 24.3 Å². The van der Waals surface area contributed by atoms with Crippen molar-refractivity contribution >= 4 is 28.4 Å². The van der Waals surface area contributed by atoms with Crippen molar-refractivity contribution < 1.29 is 18.9 Å². The van der Waals surface area contributed by atoms with E-state index in [9.17, 15) is 13.8 Å².